The molecule has 0 saturated carbocycles. The van der Waals surface area contributed by atoms with E-state index in [0.29, 0.717) is 17.9 Å². The molecule has 1 amide bonds. The molecule has 0 bridgehead atoms. The Hall–Kier alpha value is -2.33. The molecule has 5 heteroatoms. The summed E-state index contributed by atoms with van der Waals surface area (Å²) in [5.41, 5.74) is 1.87. The summed E-state index contributed by atoms with van der Waals surface area (Å²) in [7, 11) is 1.32. The van der Waals surface area contributed by atoms with Crippen LogP contribution in [0.4, 0.5) is 0 Å². The van der Waals surface area contributed by atoms with E-state index in [2.05, 4.69) is 5.32 Å². The lowest BCUT2D eigenvalue weighted by Gasteiger charge is -2.16. The van der Waals surface area contributed by atoms with Gasteiger partial charge in [-0.3, -0.25) is 4.79 Å². The minimum absolute atomic E-state index is 0.207. The molecule has 0 aromatic heterocycles. The van der Waals surface area contributed by atoms with Crippen LogP contribution in [0.1, 0.15) is 17.5 Å². The molecule has 0 radical (unpaired) electrons. The van der Waals surface area contributed by atoms with E-state index < -0.39 is 12.0 Å². The van der Waals surface area contributed by atoms with Crippen molar-refractivity contribution in [2.45, 2.75) is 25.3 Å². The summed E-state index contributed by atoms with van der Waals surface area (Å²) in [5, 5.41) is 3.39. The number of amides is 1. The van der Waals surface area contributed by atoms with E-state index in [1.807, 2.05) is 48.5 Å². The van der Waals surface area contributed by atoms with Crippen LogP contribution in [-0.2, 0) is 27.2 Å². The molecule has 0 fully saturated rings. The van der Waals surface area contributed by atoms with Crippen molar-refractivity contribution >= 4 is 23.5 Å². The first kappa shape index (κ1) is 18.0. The van der Waals surface area contributed by atoms with Gasteiger partial charge in [-0.2, -0.15) is 0 Å². The zero-order chi connectivity index (χ0) is 17.4. The highest BCUT2D eigenvalue weighted by Crippen LogP contribution is 2.16. The summed E-state index contributed by atoms with van der Waals surface area (Å²) in [6, 6.07) is 16.2. The van der Waals surface area contributed by atoms with Gasteiger partial charge in [-0.25, -0.2) is 4.79 Å². The van der Waals surface area contributed by atoms with Crippen LogP contribution < -0.4 is 5.32 Å². The Kier molecular flexibility index (Phi) is 6.82. The molecule has 126 valence electrons. The second-order valence-corrected chi connectivity index (χ2v) is 5.83. The van der Waals surface area contributed by atoms with Crippen LogP contribution in [0.25, 0.3) is 0 Å². The molecule has 0 aliphatic rings. The summed E-state index contributed by atoms with van der Waals surface area (Å²) >= 11 is 6.09. The van der Waals surface area contributed by atoms with E-state index >= 15 is 0 Å². The molecule has 0 spiro atoms. The van der Waals surface area contributed by atoms with Crippen molar-refractivity contribution < 1.29 is 14.3 Å². The third kappa shape index (κ3) is 5.39. The van der Waals surface area contributed by atoms with Gasteiger partial charge in [0.05, 0.1) is 7.11 Å². The third-order valence-electron chi connectivity index (χ3n) is 3.68. The number of halogens is 1. The lowest BCUT2D eigenvalue weighted by Crippen LogP contribution is -2.43. The largest absolute Gasteiger partial charge is 0.467 e. The molecule has 0 aliphatic heterocycles. The Labute approximate surface area is 146 Å². The van der Waals surface area contributed by atoms with Crippen molar-refractivity contribution in [1.29, 1.82) is 0 Å². The van der Waals surface area contributed by atoms with Crippen LogP contribution >= 0.6 is 11.6 Å². The van der Waals surface area contributed by atoms with Crippen LogP contribution in [0.3, 0.4) is 0 Å². The van der Waals surface area contributed by atoms with Crippen LogP contribution in [0, 0.1) is 0 Å². The van der Waals surface area contributed by atoms with Gasteiger partial charge in [0.25, 0.3) is 0 Å². The van der Waals surface area contributed by atoms with Crippen molar-refractivity contribution in [3.05, 3.63) is 70.7 Å². The smallest absolute Gasteiger partial charge is 0.328 e. The van der Waals surface area contributed by atoms with Crippen molar-refractivity contribution in [3.63, 3.8) is 0 Å². The highest BCUT2D eigenvalue weighted by molar-refractivity contribution is 6.31. The standard InChI is InChI=1S/C19H20ClNO3/c1-24-19(23)17(13-14-7-3-2-4-8-14)21-18(22)12-11-15-9-5-6-10-16(15)20/h2-10,17H,11-13H2,1H3,(H,21,22). The first-order valence-corrected chi connectivity index (χ1v) is 8.12. The van der Waals surface area contributed by atoms with Gasteiger partial charge in [0.15, 0.2) is 0 Å². The molecule has 0 aliphatic carbocycles. The van der Waals surface area contributed by atoms with Crippen molar-refractivity contribution in [3.8, 4) is 0 Å². The zero-order valence-corrected chi connectivity index (χ0v) is 14.3. The first-order valence-electron chi connectivity index (χ1n) is 7.74. The van der Waals surface area contributed by atoms with Gasteiger partial charge in [0.2, 0.25) is 5.91 Å². The summed E-state index contributed by atoms with van der Waals surface area (Å²) in [5.74, 6) is -0.661. The average molecular weight is 346 g/mol. The molecular weight excluding hydrogens is 326 g/mol. The maximum atomic E-state index is 12.2. The number of aryl methyl sites for hydroxylation is 1. The second kappa shape index (κ2) is 9.08. The number of esters is 1. The Morgan fingerprint density at radius 3 is 2.42 bits per heavy atom. The maximum Gasteiger partial charge on any atom is 0.328 e. The fourth-order valence-corrected chi connectivity index (χ4v) is 2.63. The third-order valence-corrected chi connectivity index (χ3v) is 4.05. The number of methoxy groups -OCH3 is 1. The molecule has 2 rings (SSSR count). The normalized spacial score (nSPS) is 11.6. The molecule has 4 nitrogen and oxygen atoms in total. The minimum Gasteiger partial charge on any atom is -0.467 e. The molecule has 1 N–H and O–H groups in total. The fraction of sp³-hybridized carbons (Fsp3) is 0.263. The minimum atomic E-state index is -0.698. The van der Waals surface area contributed by atoms with Gasteiger partial charge >= 0.3 is 5.97 Å². The van der Waals surface area contributed by atoms with Crippen LogP contribution in [0.5, 0.6) is 0 Å². The van der Waals surface area contributed by atoms with Crippen molar-refractivity contribution in [1.82, 2.24) is 5.32 Å². The van der Waals surface area contributed by atoms with Crippen molar-refractivity contribution in [2.75, 3.05) is 7.11 Å². The highest BCUT2D eigenvalue weighted by atomic mass is 35.5. The topological polar surface area (TPSA) is 55.4 Å². The van der Waals surface area contributed by atoms with E-state index in [9.17, 15) is 9.59 Å². The molecule has 2 aromatic carbocycles. The number of ether oxygens (including phenoxy) is 1. The van der Waals surface area contributed by atoms with Crippen molar-refractivity contribution in [2.24, 2.45) is 0 Å². The summed E-state index contributed by atoms with van der Waals surface area (Å²) in [6.45, 7) is 0. The Bertz CT molecular complexity index is 688. The van der Waals surface area contributed by atoms with Gasteiger partial charge < -0.3 is 10.1 Å². The molecule has 2 aromatic rings. The second-order valence-electron chi connectivity index (χ2n) is 5.42. The Morgan fingerprint density at radius 1 is 1.08 bits per heavy atom. The van der Waals surface area contributed by atoms with Crippen LogP contribution in [0.2, 0.25) is 5.02 Å². The van der Waals surface area contributed by atoms with Gasteiger partial charge in [-0.1, -0.05) is 60.1 Å². The first-order chi connectivity index (χ1) is 11.6. The van der Waals surface area contributed by atoms with Crippen LogP contribution in [0.15, 0.2) is 54.6 Å². The molecule has 1 atom stereocenters. The van der Waals surface area contributed by atoms with E-state index in [1.165, 1.54) is 7.11 Å². The Balaban J connectivity index is 1.94. The number of rotatable bonds is 7. The predicted molar refractivity (Wildman–Crippen MR) is 93.9 cm³/mol. The fourth-order valence-electron chi connectivity index (χ4n) is 2.40. The monoisotopic (exact) mass is 345 g/mol. The van der Waals surface area contributed by atoms with Gasteiger partial charge in [-0.05, 0) is 23.6 Å². The molecule has 0 heterocycles. The predicted octanol–water partition coefficient (Wildman–Crippen LogP) is 3.17. The molecular formula is C19H20ClNO3. The van der Waals surface area contributed by atoms with Gasteiger partial charge in [0.1, 0.15) is 6.04 Å². The Morgan fingerprint density at radius 2 is 1.75 bits per heavy atom. The SMILES string of the molecule is COC(=O)C(Cc1ccccc1)NC(=O)CCc1ccccc1Cl. The quantitative estimate of drug-likeness (QED) is 0.784. The van der Waals surface area contributed by atoms with E-state index in [4.69, 9.17) is 16.3 Å². The van der Waals surface area contributed by atoms with E-state index in [1.54, 1.807) is 6.07 Å². The van der Waals surface area contributed by atoms with E-state index in [-0.39, 0.29) is 12.3 Å². The molecule has 1 unspecified atom stereocenters. The lowest BCUT2D eigenvalue weighted by molar-refractivity contribution is -0.145. The van der Waals surface area contributed by atoms with Gasteiger partial charge in [0, 0.05) is 17.9 Å². The summed E-state index contributed by atoms with van der Waals surface area (Å²) < 4.78 is 4.79. The zero-order valence-electron chi connectivity index (χ0n) is 13.5. The van der Waals surface area contributed by atoms with Gasteiger partial charge in [-0.15, -0.1) is 0 Å². The number of carbonyl (C=O) groups excluding carboxylic acids is 2. The molecule has 0 saturated heterocycles. The lowest BCUT2D eigenvalue weighted by atomic mass is 10.1. The number of nitrogens with one attached hydrogen (secondary N) is 1. The highest BCUT2D eigenvalue weighted by Gasteiger charge is 2.21. The van der Waals surface area contributed by atoms with E-state index in [0.717, 1.165) is 11.1 Å². The van der Waals surface area contributed by atoms with Crippen LogP contribution in [-0.4, -0.2) is 25.0 Å². The number of carbonyl (C=O) groups is 2. The maximum absolute atomic E-state index is 12.2. The number of hydrogen-bond donors (Lipinski definition) is 1. The number of benzene rings is 2. The summed E-state index contributed by atoms with van der Waals surface area (Å²) in [6.07, 6.45) is 1.17. The molecule has 24 heavy (non-hydrogen) atoms. The average Bonchev–Trinajstić information content (AvgIpc) is 2.60. The summed E-state index contributed by atoms with van der Waals surface area (Å²) in [4.78, 5) is 24.1. The number of hydrogen-bond acceptors (Lipinski definition) is 3.